The molecule has 0 aliphatic carbocycles. The number of nitrogens with two attached hydrogens (primary N) is 1. The predicted octanol–water partition coefficient (Wildman–Crippen LogP) is 2.12. The lowest BCUT2D eigenvalue weighted by molar-refractivity contribution is 0.0796. The highest BCUT2D eigenvalue weighted by molar-refractivity contribution is 5.55. The smallest absolute Gasteiger partial charge is 0.138 e. The van der Waals surface area contributed by atoms with Crippen LogP contribution < -0.4 is 5.73 Å². The van der Waals surface area contributed by atoms with E-state index in [0.29, 0.717) is 5.92 Å². The van der Waals surface area contributed by atoms with Crippen LogP contribution in [0.5, 0.6) is 0 Å². The normalized spacial score (nSPS) is 20.9. The molecule has 2 aromatic rings. The molecule has 1 saturated heterocycles. The monoisotopic (exact) mass is 231 g/mol. The minimum Gasteiger partial charge on any atom is -0.383 e. The lowest BCUT2D eigenvalue weighted by atomic mass is 9.99. The topological polar surface area (TPSA) is 52.5 Å². The summed E-state index contributed by atoms with van der Waals surface area (Å²) in [5, 5.41) is 0. The molecule has 4 heteroatoms. The van der Waals surface area contributed by atoms with Gasteiger partial charge in [-0.25, -0.2) is 4.98 Å². The first kappa shape index (κ1) is 10.6. The first-order valence-corrected chi connectivity index (χ1v) is 6.08. The predicted molar refractivity (Wildman–Crippen MR) is 67.1 cm³/mol. The van der Waals surface area contributed by atoms with Gasteiger partial charge in [0.15, 0.2) is 0 Å². The molecule has 1 atom stereocenters. The van der Waals surface area contributed by atoms with Gasteiger partial charge in [-0.05, 0) is 31.9 Å². The van der Waals surface area contributed by atoms with E-state index in [1.165, 1.54) is 0 Å². The first-order valence-electron chi connectivity index (χ1n) is 6.08. The summed E-state index contributed by atoms with van der Waals surface area (Å²) in [6.07, 6.45) is 2.21. The van der Waals surface area contributed by atoms with Crippen molar-refractivity contribution in [2.75, 3.05) is 18.9 Å². The fraction of sp³-hybridized carbons (Fsp3) is 0.462. The van der Waals surface area contributed by atoms with Gasteiger partial charge in [0.1, 0.15) is 11.5 Å². The van der Waals surface area contributed by atoms with Gasteiger partial charge in [0, 0.05) is 18.2 Å². The third-order valence-corrected chi connectivity index (χ3v) is 3.45. The van der Waals surface area contributed by atoms with Crippen molar-refractivity contribution in [3.8, 4) is 0 Å². The van der Waals surface area contributed by atoms with Gasteiger partial charge in [0.2, 0.25) is 0 Å². The van der Waals surface area contributed by atoms with Crippen LogP contribution in [-0.4, -0.2) is 22.6 Å². The van der Waals surface area contributed by atoms with E-state index in [-0.39, 0.29) is 0 Å². The molecule has 0 bridgehead atoms. The summed E-state index contributed by atoms with van der Waals surface area (Å²) in [5.74, 6) is 1.12. The van der Waals surface area contributed by atoms with E-state index in [9.17, 15) is 0 Å². The summed E-state index contributed by atoms with van der Waals surface area (Å²) in [7, 11) is 0. The van der Waals surface area contributed by atoms with Crippen molar-refractivity contribution < 1.29 is 4.74 Å². The summed E-state index contributed by atoms with van der Waals surface area (Å²) >= 11 is 0. The average Bonchev–Trinajstić information content (AvgIpc) is 2.69. The Labute approximate surface area is 100 Å². The molecular weight excluding hydrogens is 214 g/mol. The Hall–Kier alpha value is -1.55. The highest BCUT2D eigenvalue weighted by Gasteiger charge is 2.22. The van der Waals surface area contributed by atoms with Crippen molar-refractivity contribution in [3.05, 3.63) is 29.6 Å². The Bertz CT molecular complexity index is 541. The number of fused-ring (bicyclic) bond motifs is 1. The Morgan fingerprint density at radius 1 is 1.47 bits per heavy atom. The number of rotatable bonds is 1. The largest absolute Gasteiger partial charge is 0.383 e. The zero-order valence-electron chi connectivity index (χ0n) is 10.0. The molecule has 1 aliphatic heterocycles. The van der Waals surface area contributed by atoms with Crippen LogP contribution in [0.3, 0.4) is 0 Å². The van der Waals surface area contributed by atoms with E-state index in [1.807, 2.05) is 29.5 Å². The zero-order chi connectivity index (χ0) is 11.8. The van der Waals surface area contributed by atoms with Gasteiger partial charge in [-0.2, -0.15) is 0 Å². The second-order valence-corrected chi connectivity index (χ2v) is 4.66. The van der Waals surface area contributed by atoms with Crippen molar-refractivity contribution in [3.63, 3.8) is 0 Å². The van der Waals surface area contributed by atoms with Gasteiger partial charge in [0.05, 0.1) is 12.3 Å². The number of ether oxygens (including phenoxy) is 1. The summed E-state index contributed by atoms with van der Waals surface area (Å²) in [5.41, 5.74) is 9.27. The number of aryl methyl sites for hydroxylation is 1. The van der Waals surface area contributed by atoms with E-state index in [2.05, 4.69) is 4.98 Å². The number of pyridine rings is 1. The van der Waals surface area contributed by atoms with Crippen LogP contribution in [0, 0.1) is 6.92 Å². The molecular formula is C13H17N3O. The van der Waals surface area contributed by atoms with E-state index in [1.54, 1.807) is 0 Å². The number of anilines is 1. The van der Waals surface area contributed by atoms with E-state index < -0.39 is 0 Å². The van der Waals surface area contributed by atoms with Crippen molar-refractivity contribution in [2.24, 2.45) is 0 Å². The second kappa shape index (κ2) is 4.04. The van der Waals surface area contributed by atoms with Crippen molar-refractivity contribution >= 4 is 11.5 Å². The summed E-state index contributed by atoms with van der Waals surface area (Å²) in [6.45, 7) is 3.65. The number of imidazole rings is 1. The third kappa shape index (κ3) is 1.69. The van der Waals surface area contributed by atoms with Gasteiger partial charge in [-0.1, -0.05) is 6.07 Å². The van der Waals surface area contributed by atoms with Gasteiger partial charge in [-0.3, -0.25) is 4.40 Å². The number of hydrogen-bond acceptors (Lipinski definition) is 3. The van der Waals surface area contributed by atoms with Crippen LogP contribution in [0.2, 0.25) is 0 Å². The maximum absolute atomic E-state index is 6.22. The molecule has 1 aliphatic rings. The van der Waals surface area contributed by atoms with Crippen molar-refractivity contribution in [2.45, 2.75) is 25.7 Å². The highest BCUT2D eigenvalue weighted by Crippen LogP contribution is 2.30. The maximum atomic E-state index is 6.22. The molecule has 90 valence electrons. The minimum absolute atomic E-state index is 0.350. The van der Waals surface area contributed by atoms with Gasteiger partial charge < -0.3 is 10.5 Å². The lowest BCUT2D eigenvalue weighted by Crippen LogP contribution is -2.17. The van der Waals surface area contributed by atoms with E-state index >= 15 is 0 Å². The molecule has 17 heavy (non-hydrogen) atoms. The Morgan fingerprint density at radius 2 is 2.35 bits per heavy atom. The zero-order valence-corrected chi connectivity index (χ0v) is 10.0. The fourth-order valence-electron chi connectivity index (χ4n) is 2.56. The summed E-state index contributed by atoms with van der Waals surface area (Å²) in [4.78, 5) is 4.65. The van der Waals surface area contributed by atoms with E-state index in [4.69, 9.17) is 10.5 Å². The summed E-state index contributed by atoms with van der Waals surface area (Å²) < 4.78 is 7.53. The summed E-state index contributed by atoms with van der Waals surface area (Å²) in [6, 6.07) is 6.06. The second-order valence-electron chi connectivity index (χ2n) is 4.66. The molecule has 3 rings (SSSR count). The van der Waals surface area contributed by atoms with Crippen LogP contribution in [0.25, 0.3) is 5.65 Å². The number of hydrogen-bond donors (Lipinski definition) is 1. The molecule has 0 saturated carbocycles. The van der Waals surface area contributed by atoms with Crippen LogP contribution in [0.1, 0.15) is 30.1 Å². The SMILES string of the molecule is Cc1cccc2nc(C3CCCOC3)c(N)n12. The standard InChI is InChI=1S/C13H17N3O/c1-9-4-2-6-11-15-12(13(14)16(9)11)10-5-3-7-17-8-10/h2,4,6,10H,3,5,7-8,14H2,1H3. The molecule has 0 aromatic carbocycles. The Kier molecular flexibility index (Phi) is 2.52. The minimum atomic E-state index is 0.350. The van der Waals surface area contributed by atoms with Crippen molar-refractivity contribution in [1.82, 2.24) is 9.38 Å². The fourth-order valence-corrected chi connectivity index (χ4v) is 2.56. The molecule has 0 radical (unpaired) electrons. The van der Waals surface area contributed by atoms with Crippen LogP contribution >= 0.6 is 0 Å². The molecule has 4 nitrogen and oxygen atoms in total. The molecule has 2 N–H and O–H groups in total. The van der Waals surface area contributed by atoms with E-state index in [0.717, 1.165) is 48.9 Å². The number of nitrogen functional groups attached to an aromatic ring is 1. The van der Waals surface area contributed by atoms with Crippen LogP contribution in [-0.2, 0) is 4.74 Å². The van der Waals surface area contributed by atoms with Gasteiger partial charge in [0.25, 0.3) is 0 Å². The average molecular weight is 231 g/mol. The Balaban J connectivity index is 2.10. The quantitative estimate of drug-likeness (QED) is 0.818. The first-order chi connectivity index (χ1) is 8.27. The maximum Gasteiger partial charge on any atom is 0.138 e. The van der Waals surface area contributed by atoms with Gasteiger partial charge >= 0.3 is 0 Å². The molecule has 0 amide bonds. The number of aromatic nitrogens is 2. The molecule has 0 spiro atoms. The third-order valence-electron chi connectivity index (χ3n) is 3.45. The lowest BCUT2D eigenvalue weighted by Gasteiger charge is -2.20. The molecule has 1 fully saturated rings. The molecule has 2 aromatic heterocycles. The molecule has 1 unspecified atom stereocenters. The van der Waals surface area contributed by atoms with Gasteiger partial charge in [-0.15, -0.1) is 0 Å². The van der Waals surface area contributed by atoms with Crippen molar-refractivity contribution in [1.29, 1.82) is 0 Å². The molecule has 3 heterocycles. The number of nitrogens with zero attached hydrogens (tertiary/aromatic N) is 2. The Morgan fingerprint density at radius 3 is 3.06 bits per heavy atom. The van der Waals surface area contributed by atoms with Crippen LogP contribution in [0.15, 0.2) is 18.2 Å². The highest BCUT2D eigenvalue weighted by atomic mass is 16.5. The van der Waals surface area contributed by atoms with Crippen LogP contribution in [0.4, 0.5) is 5.82 Å².